The molecular weight excluding hydrogens is 234 g/mol. The third-order valence-corrected chi connectivity index (χ3v) is 2.80. The van der Waals surface area contributed by atoms with Gasteiger partial charge in [-0.25, -0.2) is 5.43 Å². The summed E-state index contributed by atoms with van der Waals surface area (Å²) in [7, 11) is 0. The molecule has 1 aromatic heterocycles. The van der Waals surface area contributed by atoms with Crippen LogP contribution in [0.4, 0.5) is 0 Å². The van der Waals surface area contributed by atoms with Crippen LogP contribution in [0.25, 0.3) is 0 Å². The van der Waals surface area contributed by atoms with E-state index >= 15 is 0 Å². The van der Waals surface area contributed by atoms with Crippen molar-refractivity contribution in [2.45, 2.75) is 13.0 Å². The zero-order valence-corrected chi connectivity index (χ0v) is 10.3. The van der Waals surface area contributed by atoms with Crippen molar-refractivity contribution in [2.75, 3.05) is 0 Å². The molecule has 0 radical (unpaired) electrons. The van der Waals surface area contributed by atoms with Gasteiger partial charge in [0.05, 0.1) is 6.04 Å². The minimum absolute atomic E-state index is 0.0962. The van der Waals surface area contributed by atoms with Crippen LogP contribution in [0, 0.1) is 6.92 Å². The SMILES string of the molecule is Cc1cc(Cl)cc(C(NN)c2cccnc2)c1. The predicted molar refractivity (Wildman–Crippen MR) is 69.6 cm³/mol. The third-order valence-electron chi connectivity index (χ3n) is 2.58. The van der Waals surface area contributed by atoms with Crippen LogP contribution in [0.5, 0.6) is 0 Å². The molecule has 0 aliphatic rings. The fourth-order valence-corrected chi connectivity index (χ4v) is 2.16. The minimum atomic E-state index is -0.0962. The van der Waals surface area contributed by atoms with Crippen LogP contribution in [0.3, 0.4) is 0 Å². The second-order valence-corrected chi connectivity index (χ2v) is 4.38. The van der Waals surface area contributed by atoms with Gasteiger partial charge in [0, 0.05) is 17.4 Å². The molecule has 2 aromatic rings. The van der Waals surface area contributed by atoms with E-state index in [9.17, 15) is 0 Å². The van der Waals surface area contributed by atoms with Gasteiger partial charge in [0.25, 0.3) is 0 Å². The number of aromatic nitrogens is 1. The summed E-state index contributed by atoms with van der Waals surface area (Å²) in [5.41, 5.74) is 5.94. The zero-order valence-electron chi connectivity index (χ0n) is 9.52. The Morgan fingerprint density at radius 2 is 2.12 bits per heavy atom. The highest BCUT2D eigenvalue weighted by atomic mass is 35.5. The molecule has 0 aliphatic heterocycles. The first-order chi connectivity index (χ1) is 8.20. The van der Waals surface area contributed by atoms with Crippen molar-refractivity contribution in [1.82, 2.24) is 10.4 Å². The van der Waals surface area contributed by atoms with Crippen molar-refractivity contribution in [3.05, 3.63) is 64.4 Å². The number of nitrogens with one attached hydrogen (secondary N) is 1. The van der Waals surface area contributed by atoms with Crippen molar-refractivity contribution < 1.29 is 0 Å². The number of hydrogen-bond acceptors (Lipinski definition) is 3. The van der Waals surface area contributed by atoms with Crippen molar-refractivity contribution >= 4 is 11.6 Å². The van der Waals surface area contributed by atoms with E-state index in [2.05, 4.69) is 16.5 Å². The maximum atomic E-state index is 6.05. The van der Waals surface area contributed by atoms with Gasteiger partial charge in [0.2, 0.25) is 0 Å². The second kappa shape index (κ2) is 5.27. The van der Waals surface area contributed by atoms with Gasteiger partial charge in [-0.2, -0.15) is 0 Å². The molecule has 17 heavy (non-hydrogen) atoms. The van der Waals surface area contributed by atoms with Gasteiger partial charge in [-0.3, -0.25) is 10.8 Å². The number of halogens is 1. The zero-order chi connectivity index (χ0) is 12.3. The first kappa shape index (κ1) is 12.0. The molecule has 88 valence electrons. The van der Waals surface area contributed by atoms with Crippen LogP contribution < -0.4 is 11.3 Å². The standard InChI is InChI=1S/C13H14ClN3/c1-9-5-11(7-12(14)6-9)13(17-15)10-3-2-4-16-8-10/h2-8,13,17H,15H2,1H3. The highest BCUT2D eigenvalue weighted by Crippen LogP contribution is 2.24. The number of hydrazine groups is 1. The topological polar surface area (TPSA) is 50.9 Å². The van der Waals surface area contributed by atoms with E-state index in [1.165, 1.54) is 0 Å². The summed E-state index contributed by atoms with van der Waals surface area (Å²) >= 11 is 6.05. The second-order valence-electron chi connectivity index (χ2n) is 3.95. The summed E-state index contributed by atoms with van der Waals surface area (Å²) in [6.45, 7) is 2.01. The minimum Gasteiger partial charge on any atom is -0.271 e. The van der Waals surface area contributed by atoms with Crippen molar-refractivity contribution in [2.24, 2.45) is 5.84 Å². The number of nitrogens with two attached hydrogens (primary N) is 1. The van der Waals surface area contributed by atoms with Crippen LogP contribution in [0.1, 0.15) is 22.7 Å². The first-order valence-corrected chi connectivity index (χ1v) is 5.71. The molecule has 4 heteroatoms. The van der Waals surface area contributed by atoms with E-state index < -0.39 is 0 Å². The largest absolute Gasteiger partial charge is 0.271 e. The molecule has 1 heterocycles. The lowest BCUT2D eigenvalue weighted by Crippen LogP contribution is -2.28. The Labute approximate surface area is 106 Å². The fourth-order valence-electron chi connectivity index (χ4n) is 1.86. The molecule has 0 bridgehead atoms. The van der Waals surface area contributed by atoms with E-state index in [0.29, 0.717) is 5.02 Å². The molecule has 1 unspecified atom stereocenters. The third kappa shape index (κ3) is 2.82. The molecule has 0 spiro atoms. The van der Waals surface area contributed by atoms with E-state index in [1.54, 1.807) is 12.4 Å². The monoisotopic (exact) mass is 247 g/mol. The van der Waals surface area contributed by atoms with Gasteiger partial charge >= 0.3 is 0 Å². The Kier molecular flexibility index (Phi) is 3.74. The highest BCUT2D eigenvalue weighted by Gasteiger charge is 2.13. The highest BCUT2D eigenvalue weighted by molar-refractivity contribution is 6.30. The summed E-state index contributed by atoms with van der Waals surface area (Å²) in [5.74, 6) is 5.62. The van der Waals surface area contributed by atoms with E-state index in [4.69, 9.17) is 17.4 Å². The Morgan fingerprint density at radius 1 is 1.29 bits per heavy atom. The summed E-state index contributed by atoms with van der Waals surface area (Å²) in [6, 6.07) is 9.66. The molecule has 0 saturated heterocycles. The van der Waals surface area contributed by atoms with Gasteiger partial charge in [0.15, 0.2) is 0 Å². The Balaban J connectivity index is 2.42. The molecule has 3 N–H and O–H groups in total. The maximum Gasteiger partial charge on any atom is 0.0725 e. The van der Waals surface area contributed by atoms with Crippen molar-refractivity contribution in [3.63, 3.8) is 0 Å². The first-order valence-electron chi connectivity index (χ1n) is 5.34. The van der Waals surface area contributed by atoms with Crippen molar-refractivity contribution in [3.8, 4) is 0 Å². The molecule has 0 saturated carbocycles. The average molecular weight is 248 g/mol. The summed E-state index contributed by atoms with van der Waals surface area (Å²) in [6.07, 6.45) is 3.53. The van der Waals surface area contributed by atoms with Crippen LogP contribution in [0.2, 0.25) is 5.02 Å². The average Bonchev–Trinajstić information content (AvgIpc) is 2.30. The molecule has 0 aliphatic carbocycles. The van der Waals surface area contributed by atoms with E-state index in [0.717, 1.165) is 16.7 Å². The normalized spacial score (nSPS) is 12.4. The number of rotatable bonds is 3. The summed E-state index contributed by atoms with van der Waals surface area (Å²) < 4.78 is 0. The summed E-state index contributed by atoms with van der Waals surface area (Å²) in [4.78, 5) is 4.10. The maximum absolute atomic E-state index is 6.05. The Bertz CT molecular complexity index is 479. The number of benzene rings is 1. The van der Waals surface area contributed by atoms with Crippen LogP contribution in [-0.2, 0) is 0 Å². The Hall–Kier alpha value is -1.42. The molecule has 0 fully saturated rings. The van der Waals surface area contributed by atoms with Gasteiger partial charge < -0.3 is 0 Å². The van der Waals surface area contributed by atoms with Gasteiger partial charge in [-0.15, -0.1) is 0 Å². The molecule has 1 atom stereocenters. The molecule has 2 rings (SSSR count). The molecule has 1 aromatic carbocycles. The molecular formula is C13H14ClN3. The number of hydrogen-bond donors (Lipinski definition) is 2. The van der Waals surface area contributed by atoms with E-state index in [-0.39, 0.29) is 6.04 Å². The number of pyridine rings is 1. The summed E-state index contributed by atoms with van der Waals surface area (Å²) in [5, 5.41) is 0.712. The fraction of sp³-hybridized carbons (Fsp3) is 0.154. The predicted octanol–water partition coefficient (Wildman–Crippen LogP) is 2.60. The molecule has 3 nitrogen and oxygen atoms in total. The smallest absolute Gasteiger partial charge is 0.0725 e. The molecule has 0 amide bonds. The lowest BCUT2D eigenvalue weighted by molar-refractivity contribution is 0.634. The van der Waals surface area contributed by atoms with Crippen LogP contribution in [-0.4, -0.2) is 4.98 Å². The van der Waals surface area contributed by atoms with Crippen molar-refractivity contribution in [1.29, 1.82) is 0 Å². The Morgan fingerprint density at radius 3 is 2.71 bits per heavy atom. The lowest BCUT2D eigenvalue weighted by Gasteiger charge is -2.17. The van der Waals surface area contributed by atoms with Gasteiger partial charge in [0.1, 0.15) is 0 Å². The van der Waals surface area contributed by atoms with Crippen LogP contribution in [0.15, 0.2) is 42.7 Å². The van der Waals surface area contributed by atoms with Gasteiger partial charge in [-0.1, -0.05) is 23.7 Å². The number of aryl methyl sites for hydroxylation is 1. The lowest BCUT2D eigenvalue weighted by atomic mass is 9.99. The number of nitrogens with zero attached hydrogens (tertiary/aromatic N) is 1. The van der Waals surface area contributed by atoms with Gasteiger partial charge in [-0.05, 0) is 41.8 Å². The van der Waals surface area contributed by atoms with Crippen LogP contribution >= 0.6 is 11.6 Å². The van der Waals surface area contributed by atoms with E-state index in [1.807, 2.05) is 31.2 Å². The quantitative estimate of drug-likeness (QED) is 0.648.